The van der Waals surface area contributed by atoms with Crippen LogP contribution >= 0.6 is 0 Å². The summed E-state index contributed by atoms with van der Waals surface area (Å²) in [5.41, 5.74) is -0.508. The summed E-state index contributed by atoms with van der Waals surface area (Å²) in [6, 6.07) is 0.954. The summed E-state index contributed by atoms with van der Waals surface area (Å²) >= 11 is 0. The predicted molar refractivity (Wildman–Crippen MR) is 38.0 cm³/mol. The van der Waals surface area contributed by atoms with E-state index in [2.05, 4.69) is 5.10 Å². The van der Waals surface area contributed by atoms with Gasteiger partial charge in [0.25, 0.3) is 6.43 Å². The molecule has 0 saturated carbocycles. The minimum atomic E-state index is -2.69. The first-order valence-corrected chi connectivity index (χ1v) is 3.20. The molecule has 12 heavy (non-hydrogen) atoms. The molecule has 0 amide bonds. The van der Waals surface area contributed by atoms with Gasteiger partial charge in [-0.05, 0) is 6.07 Å². The standard InChI is InChI=1S/C5H7BF2N2O2/c1-10-4(6(11)12)2-3(9-10)5(7)8/h2,5,11-12H,1H3. The smallest absolute Gasteiger partial charge is 0.422 e. The fourth-order valence-electron chi connectivity index (χ4n) is 0.853. The van der Waals surface area contributed by atoms with E-state index < -0.39 is 19.2 Å². The lowest BCUT2D eigenvalue weighted by molar-refractivity contribution is 0.145. The van der Waals surface area contributed by atoms with Crippen molar-refractivity contribution < 1.29 is 18.8 Å². The van der Waals surface area contributed by atoms with Crippen LogP contribution in [0.25, 0.3) is 0 Å². The molecular formula is C5H7BF2N2O2. The Balaban J connectivity index is 3.00. The molecule has 0 aliphatic carbocycles. The van der Waals surface area contributed by atoms with Gasteiger partial charge in [0, 0.05) is 7.05 Å². The second-order valence-electron chi connectivity index (χ2n) is 2.29. The molecular weight excluding hydrogens is 169 g/mol. The summed E-state index contributed by atoms with van der Waals surface area (Å²) in [4.78, 5) is 0. The number of rotatable bonds is 2. The maximum absolute atomic E-state index is 12.0. The maximum Gasteiger partial charge on any atom is 0.507 e. The number of aryl methyl sites for hydroxylation is 1. The molecule has 1 heterocycles. The van der Waals surface area contributed by atoms with Gasteiger partial charge >= 0.3 is 7.12 Å². The topological polar surface area (TPSA) is 58.3 Å². The van der Waals surface area contributed by atoms with Crippen molar-refractivity contribution in [2.45, 2.75) is 6.43 Å². The van der Waals surface area contributed by atoms with Crippen LogP contribution in [0, 0.1) is 0 Å². The lowest BCUT2D eigenvalue weighted by atomic mass is 9.86. The molecule has 1 aromatic rings. The van der Waals surface area contributed by atoms with Crippen molar-refractivity contribution in [3.8, 4) is 0 Å². The first kappa shape index (κ1) is 9.15. The first-order valence-electron chi connectivity index (χ1n) is 3.20. The SMILES string of the molecule is Cn1nc(C(F)F)cc1B(O)O. The van der Waals surface area contributed by atoms with Gasteiger partial charge in [0.1, 0.15) is 5.69 Å². The van der Waals surface area contributed by atoms with Crippen molar-refractivity contribution in [2.24, 2.45) is 7.05 Å². The van der Waals surface area contributed by atoms with Gasteiger partial charge in [-0.1, -0.05) is 0 Å². The second-order valence-corrected chi connectivity index (χ2v) is 2.29. The molecule has 66 valence electrons. The van der Waals surface area contributed by atoms with Gasteiger partial charge in [0.2, 0.25) is 0 Å². The molecule has 4 nitrogen and oxygen atoms in total. The normalized spacial score (nSPS) is 10.8. The van der Waals surface area contributed by atoms with E-state index in [0.717, 1.165) is 10.7 Å². The number of hydrogen-bond acceptors (Lipinski definition) is 3. The summed E-state index contributed by atoms with van der Waals surface area (Å²) in [6.45, 7) is 0. The molecule has 0 aliphatic heterocycles. The lowest BCUT2D eigenvalue weighted by Crippen LogP contribution is -2.35. The molecule has 0 bridgehead atoms. The van der Waals surface area contributed by atoms with Crippen molar-refractivity contribution in [2.75, 3.05) is 0 Å². The third kappa shape index (κ3) is 1.62. The fraction of sp³-hybridized carbons (Fsp3) is 0.400. The molecule has 0 aromatic carbocycles. The second kappa shape index (κ2) is 3.20. The Bertz CT molecular complexity index is 276. The fourth-order valence-corrected chi connectivity index (χ4v) is 0.853. The Morgan fingerprint density at radius 3 is 2.42 bits per heavy atom. The summed E-state index contributed by atoms with van der Waals surface area (Å²) in [7, 11) is -0.407. The van der Waals surface area contributed by atoms with Gasteiger partial charge in [-0.25, -0.2) is 8.78 Å². The molecule has 7 heteroatoms. The van der Waals surface area contributed by atoms with E-state index in [9.17, 15) is 8.78 Å². The Morgan fingerprint density at radius 1 is 1.58 bits per heavy atom. The number of nitrogens with zero attached hydrogens (tertiary/aromatic N) is 2. The summed E-state index contributed by atoms with van der Waals surface area (Å²) < 4.78 is 25.0. The van der Waals surface area contributed by atoms with Crippen LogP contribution in [-0.2, 0) is 7.05 Å². The molecule has 1 rings (SSSR count). The van der Waals surface area contributed by atoms with Gasteiger partial charge in [-0.15, -0.1) is 0 Å². The van der Waals surface area contributed by atoms with E-state index in [4.69, 9.17) is 10.0 Å². The van der Waals surface area contributed by atoms with E-state index in [1.807, 2.05) is 0 Å². The van der Waals surface area contributed by atoms with E-state index in [0.29, 0.717) is 0 Å². The zero-order valence-corrected chi connectivity index (χ0v) is 6.28. The highest BCUT2D eigenvalue weighted by atomic mass is 19.3. The van der Waals surface area contributed by atoms with Crippen molar-refractivity contribution in [3.63, 3.8) is 0 Å². The first-order chi connectivity index (χ1) is 5.52. The van der Waals surface area contributed by atoms with Crippen LogP contribution in [0.5, 0.6) is 0 Å². The third-order valence-electron chi connectivity index (χ3n) is 1.42. The lowest BCUT2D eigenvalue weighted by Gasteiger charge is -1.96. The predicted octanol–water partition coefficient (Wildman–Crippen LogP) is -0.963. The summed E-state index contributed by atoms with van der Waals surface area (Å²) in [6.07, 6.45) is -2.69. The van der Waals surface area contributed by atoms with Gasteiger partial charge in [-0.3, -0.25) is 4.68 Å². The average molecular weight is 176 g/mol. The van der Waals surface area contributed by atoms with E-state index in [1.54, 1.807) is 0 Å². The van der Waals surface area contributed by atoms with Crippen LogP contribution in [0.15, 0.2) is 6.07 Å². The molecule has 0 saturated heterocycles. The Morgan fingerprint density at radius 2 is 2.17 bits per heavy atom. The third-order valence-corrected chi connectivity index (χ3v) is 1.42. The molecule has 1 aromatic heterocycles. The summed E-state index contributed by atoms with van der Waals surface area (Å²) in [5.74, 6) is 0. The van der Waals surface area contributed by atoms with Crippen molar-refractivity contribution in [1.29, 1.82) is 0 Å². The van der Waals surface area contributed by atoms with Crippen molar-refractivity contribution in [1.82, 2.24) is 9.78 Å². The zero-order valence-electron chi connectivity index (χ0n) is 6.28. The van der Waals surface area contributed by atoms with Crippen molar-refractivity contribution in [3.05, 3.63) is 11.8 Å². The number of aromatic nitrogens is 2. The average Bonchev–Trinajstić information content (AvgIpc) is 2.30. The maximum atomic E-state index is 12.0. The number of alkyl halides is 2. The van der Waals surface area contributed by atoms with Gasteiger partial charge in [-0.2, -0.15) is 5.10 Å². The Hall–Kier alpha value is -0.945. The Labute approximate surface area is 67.6 Å². The van der Waals surface area contributed by atoms with Crippen LogP contribution in [0.3, 0.4) is 0 Å². The molecule has 0 fully saturated rings. The van der Waals surface area contributed by atoms with Crippen LogP contribution in [-0.4, -0.2) is 26.9 Å². The minimum Gasteiger partial charge on any atom is -0.422 e. The van der Waals surface area contributed by atoms with Gasteiger partial charge in [0.05, 0.1) is 5.59 Å². The molecule has 0 aliphatic rings. The summed E-state index contributed by atoms with van der Waals surface area (Å²) in [5, 5.41) is 20.7. The highest BCUT2D eigenvalue weighted by Crippen LogP contribution is 2.14. The molecule has 2 N–H and O–H groups in total. The molecule has 0 atom stereocenters. The minimum absolute atomic E-state index is 0.0506. The van der Waals surface area contributed by atoms with Crippen molar-refractivity contribution >= 4 is 12.7 Å². The number of hydrogen-bond donors (Lipinski definition) is 2. The largest absolute Gasteiger partial charge is 0.507 e. The van der Waals surface area contributed by atoms with Crippen LogP contribution < -0.4 is 5.59 Å². The number of halogens is 2. The quantitative estimate of drug-likeness (QED) is 0.570. The van der Waals surface area contributed by atoms with Crippen LogP contribution in [0.4, 0.5) is 8.78 Å². The van der Waals surface area contributed by atoms with Crippen LogP contribution in [0.1, 0.15) is 12.1 Å². The van der Waals surface area contributed by atoms with E-state index >= 15 is 0 Å². The van der Waals surface area contributed by atoms with Gasteiger partial charge < -0.3 is 10.0 Å². The van der Waals surface area contributed by atoms with E-state index in [-0.39, 0.29) is 5.59 Å². The zero-order chi connectivity index (χ0) is 9.30. The highest BCUT2D eigenvalue weighted by Gasteiger charge is 2.20. The monoisotopic (exact) mass is 176 g/mol. The van der Waals surface area contributed by atoms with Crippen LogP contribution in [0.2, 0.25) is 0 Å². The highest BCUT2D eigenvalue weighted by molar-refractivity contribution is 6.57. The van der Waals surface area contributed by atoms with E-state index in [1.165, 1.54) is 7.05 Å². The molecule has 0 unspecified atom stereocenters. The molecule has 0 radical (unpaired) electrons. The molecule has 0 spiro atoms. The Kier molecular flexibility index (Phi) is 2.44. The van der Waals surface area contributed by atoms with Gasteiger partial charge in [0.15, 0.2) is 0 Å².